The highest BCUT2D eigenvalue weighted by Crippen LogP contribution is 2.11. The molecule has 0 fully saturated rings. The van der Waals surface area contributed by atoms with Crippen molar-refractivity contribution in [2.75, 3.05) is 25.5 Å². The smallest absolute Gasteiger partial charge is 0.338 e. The second-order valence-electron chi connectivity index (χ2n) is 5.72. The van der Waals surface area contributed by atoms with E-state index in [0.717, 1.165) is 12.1 Å². The molecule has 7 heteroatoms. The van der Waals surface area contributed by atoms with Crippen molar-refractivity contribution >= 4 is 17.6 Å². The Balaban J connectivity index is 1.83. The van der Waals surface area contributed by atoms with Crippen molar-refractivity contribution in [2.45, 2.75) is 26.9 Å². The van der Waals surface area contributed by atoms with Crippen LogP contribution < -0.4 is 5.32 Å². The monoisotopic (exact) mass is 344 g/mol. The Morgan fingerprint density at radius 1 is 1.24 bits per heavy atom. The Labute approximate surface area is 147 Å². The normalized spacial score (nSPS) is 10.7. The Morgan fingerprint density at radius 2 is 1.96 bits per heavy atom. The van der Waals surface area contributed by atoms with Crippen LogP contribution in [0.15, 0.2) is 36.7 Å². The fourth-order valence-corrected chi connectivity index (χ4v) is 2.38. The number of nitrogens with zero attached hydrogens (tertiary/aromatic N) is 3. The number of rotatable bonds is 8. The van der Waals surface area contributed by atoms with Crippen LogP contribution in [-0.2, 0) is 22.6 Å². The lowest BCUT2D eigenvalue weighted by atomic mass is 10.2. The van der Waals surface area contributed by atoms with Crippen molar-refractivity contribution in [1.29, 1.82) is 0 Å². The van der Waals surface area contributed by atoms with Crippen LogP contribution in [0.5, 0.6) is 0 Å². The molecular formula is C18H24N4O3. The maximum absolute atomic E-state index is 12.1. The van der Waals surface area contributed by atoms with E-state index in [0.29, 0.717) is 24.4 Å². The van der Waals surface area contributed by atoms with Gasteiger partial charge in [0.25, 0.3) is 0 Å². The third-order valence-corrected chi connectivity index (χ3v) is 3.56. The fraction of sp³-hybridized carbons (Fsp3) is 0.389. The van der Waals surface area contributed by atoms with Gasteiger partial charge in [-0.2, -0.15) is 5.10 Å². The molecule has 0 radical (unpaired) electrons. The molecule has 1 N–H and O–H groups in total. The first kappa shape index (κ1) is 18.7. The Kier molecular flexibility index (Phi) is 6.71. The number of likely N-dealkylation sites (N-methyl/N-ethyl adjacent to an activating group) is 1. The minimum atomic E-state index is -0.368. The quantitative estimate of drug-likeness (QED) is 0.743. The Morgan fingerprint density at radius 3 is 2.56 bits per heavy atom. The number of amides is 1. The zero-order valence-corrected chi connectivity index (χ0v) is 14.9. The number of esters is 1. The van der Waals surface area contributed by atoms with E-state index >= 15 is 0 Å². The summed E-state index contributed by atoms with van der Waals surface area (Å²) in [7, 11) is 1.88. The van der Waals surface area contributed by atoms with E-state index in [1.807, 2.05) is 35.9 Å². The lowest BCUT2D eigenvalue weighted by Gasteiger charge is -2.15. The Bertz CT molecular complexity index is 709. The SMILES string of the molecule is CCOC(=O)c1ccc(NC(=O)CN(C)Cc2cnn(CC)c2)cc1. The number of carbonyl (C=O) groups excluding carboxylic acids is 2. The highest BCUT2D eigenvalue weighted by atomic mass is 16.5. The minimum absolute atomic E-state index is 0.116. The van der Waals surface area contributed by atoms with Crippen molar-refractivity contribution in [3.05, 3.63) is 47.8 Å². The van der Waals surface area contributed by atoms with E-state index in [1.165, 1.54) is 0 Å². The molecule has 0 saturated carbocycles. The van der Waals surface area contributed by atoms with Crippen LogP contribution in [0.3, 0.4) is 0 Å². The molecule has 134 valence electrons. The molecule has 0 bridgehead atoms. The van der Waals surface area contributed by atoms with E-state index in [9.17, 15) is 9.59 Å². The van der Waals surface area contributed by atoms with Gasteiger partial charge in [0.15, 0.2) is 0 Å². The summed E-state index contributed by atoms with van der Waals surface area (Å²) >= 11 is 0. The first-order valence-corrected chi connectivity index (χ1v) is 8.28. The molecular weight excluding hydrogens is 320 g/mol. The number of hydrogen-bond donors (Lipinski definition) is 1. The number of benzene rings is 1. The van der Waals surface area contributed by atoms with Gasteiger partial charge in [-0.15, -0.1) is 0 Å². The van der Waals surface area contributed by atoms with Crippen LogP contribution >= 0.6 is 0 Å². The molecule has 25 heavy (non-hydrogen) atoms. The second kappa shape index (κ2) is 8.98. The van der Waals surface area contributed by atoms with Gasteiger partial charge < -0.3 is 10.1 Å². The molecule has 0 aliphatic heterocycles. The van der Waals surface area contributed by atoms with Gasteiger partial charge in [-0.25, -0.2) is 4.79 Å². The van der Waals surface area contributed by atoms with E-state index in [4.69, 9.17) is 4.74 Å². The average Bonchev–Trinajstić information content (AvgIpc) is 3.03. The van der Waals surface area contributed by atoms with E-state index in [-0.39, 0.29) is 18.4 Å². The van der Waals surface area contributed by atoms with E-state index < -0.39 is 0 Å². The number of hydrogen-bond acceptors (Lipinski definition) is 5. The topological polar surface area (TPSA) is 76.5 Å². The first-order chi connectivity index (χ1) is 12.0. The van der Waals surface area contributed by atoms with Crippen molar-refractivity contribution < 1.29 is 14.3 Å². The van der Waals surface area contributed by atoms with Crippen LogP contribution in [0.25, 0.3) is 0 Å². The standard InChI is InChI=1S/C18H24N4O3/c1-4-22-12-14(10-19-22)11-21(3)13-17(23)20-16-8-6-15(7-9-16)18(24)25-5-2/h6-10,12H,4-5,11,13H2,1-3H3,(H,20,23). The molecule has 2 rings (SSSR count). The summed E-state index contributed by atoms with van der Waals surface area (Å²) < 4.78 is 6.78. The number of aryl methyl sites for hydroxylation is 1. The molecule has 1 aromatic carbocycles. The molecule has 1 aromatic heterocycles. The number of nitrogens with one attached hydrogen (secondary N) is 1. The van der Waals surface area contributed by atoms with E-state index in [1.54, 1.807) is 31.2 Å². The molecule has 2 aromatic rings. The number of aromatic nitrogens is 2. The lowest BCUT2D eigenvalue weighted by molar-refractivity contribution is -0.117. The minimum Gasteiger partial charge on any atom is -0.462 e. The molecule has 1 heterocycles. The van der Waals surface area contributed by atoms with Crippen LogP contribution in [0, 0.1) is 0 Å². The number of carbonyl (C=O) groups is 2. The third kappa shape index (κ3) is 5.72. The van der Waals surface area contributed by atoms with Crippen LogP contribution in [-0.4, -0.2) is 46.8 Å². The largest absolute Gasteiger partial charge is 0.462 e. The van der Waals surface area contributed by atoms with Crippen LogP contribution in [0.1, 0.15) is 29.8 Å². The van der Waals surface area contributed by atoms with Gasteiger partial charge in [0.1, 0.15) is 0 Å². The zero-order valence-electron chi connectivity index (χ0n) is 14.9. The van der Waals surface area contributed by atoms with Crippen molar-refractivity contribution in [3.8, 4) is 0 Å². The zero-order chi connectivity index (χ0) is 18.2. The van der Waals surface area contributed by atoms with Crippen molar-refractivity contribution in [3.63, 3.8) is 0 Å². The molecule has 7 nitrogen and oxygen atoms in total. The lowest BCUT2D eigenvalue weighted by Crippen LogP contribution is -2.29. The van der Waals surface area contributed by atoms with E-state index in [2.05, 4.69) is 10.4 Å². The molecule has 0 aliphatic carbocycles. The summed E-state index contributed by atoms with van der Waals surface area (Å²) in [4.78, 5) is 25.6. The molecule has 0 aliphatic rings. The van der Waals surface area contributed by atoms with Crippen molar-refractivity contribution in [2.24, 2.45) is 0 Å². The summed E-state index contributed by atoms with van der Waals surface area (Å²) in [5, 5.41) is 7.04. The molecule has 0 saturated heterocycles. The number of ether oxygens (including phenoxy) is 1. The maximum atomic E-state index is 12.1. The predicted octanol–water partition coefficient (Wildman–Crippen LogP) is 2.15. The maximum Gasteiger partial charge on any atom is 0.338 e. The molecule has 0 unspecified atom stereocenters. The van der Waals surface area contributed by atoms with Gasteiger partial charge in [-0.05, 0) is 45.2 Å². The van der Waals surface area contributed by atoms with Gasteiger partial charge in [-0.1, -0.05) is 0 Å². The van der Waals surface area contributed by atoms with Crippen molar-refractivity contribution in [1.82, 2.24) is 14.7 Å². The van der Waals surface area contributed by atoms with Crippen LogP contribution in [0.4, 0.5) is 5.69 Å². The summed E-state index contributed by atoms with van der Waals surface area (Å²) in [6, 6.07) is 6.65. The average molecular weight is 344 g/mol. The summed E-state index contributed by atoms with van der Waals surface area (Å²) in [5.41, 5.74) is 2.17. The highest BCUT2D eigenvalue weighted by molar-refractivity contribution is 5.93. The second-order valence-corrected chi connectivity index (χ2v) is 5.72. The van der Waals surface area contributed by atoms with Gasteiger partial charge in [-0.3, -0.25) is 14.4 Å². The molecule has 0 spiro atoms. The summed E-state index contributed by atoms with van der Waals surface area (Å²) in [6.45, 7) is 5.86. The number of anilines is 1. The molecule has 1 amide bonds. The van der Waals surface area contributed by atoms with Gasteiger partial charge in [0, 0.05) is 30.5 Å². The first-order valence-electron chi connectivity index (χ1n) is 8.28. The Hall–Kier alpha value is -2.67. The van der Waals surface area contributed by atoms with Gasteiger partial charge in [0.05, 0.1) is 24.9 Å². The third-order valence-electron chi connectivity index (χ3n) is 3.56. The predicted molar refractivity (Wildman–Crippen MR) is 95.3 cm³/mol. The summed E-state index contributed by atoms with van der Waals surface area (Å²) in [5.74, 6) is -0.484. The highest BCUT2D eigenvalue weighted by Gasteiger charge is 2.10. The molecule has 0 atom stereocenters. The summed E-state index contributed by atoms with van der Waals surface area (Å²) in [6.07, 6.45) is 3.79. The fourth-order valence-electron chi connectivity index (χ4n) is 2.38. The van der Waals surface area contributed by atoms with Gasteiger partial charge >= 0.3 is 5.97 Å². The van der Waals surface area contributed by atoms with Gasteiger partial charge in [0.2, 0.25) is 5.91 Å². The van der Waals surface area contributed by atoms with Crippen LogP contribution in [0.2, 0.25) is 0 Å².